The number of hydrogen-bond donors (Lipinski definition) is 0. The van der Waals surface area contributed by atoms with Gasteiger partial charge in [0.25, 0.3) is 0 Å². The van der Waals surface area contributed by atoms with Gasteiger partial charge in [0, 0.05) is 5.69 Å². The summed E-state index contributed by atoms with van der Waals surface area (Å²) in [6, 6.07) is 7.97. The largest absolute Gasteiger partial charge is 0.288 e. The molecule has 0 bridgehead atoms. The van der Waals surface area contributed by atoms with Gasteiger partial charge in [0.1, 0.15) is 12.7 Å². The van der Waals surface area contributed by atoms with Crippen molar-refractivity contribution in [3.05, 3.63) is 54.8 Å². The molecule has 0 N–H and O–H groups in total. The number of benzene rings is 1. The molecule has 14 heavy (non-hydrogen) atoms. The van der Waals surface area contributed by atoms with Crippen LogP contribution in [0.5, 0.6) is 0 Å². The summed E-state index contributed by atoms with van der Waals surface area (Å²) in [5.41, 5.74) is 4.85. The van der Waals surface area contributed by atoms with Crippen LogP contribution in [-0.4, -0.2) is 14.8 Å². The van der Waals surface area contributed by atoms with Crippen molar-refractivity contribution in [1.82, 2.24) is 14.8 Å². The van der Waals surface area contributed by atoms with Crippen LogP contribution in [0.1, 0.15) is 5.56 Å². The molecule has 2 aromatic rings. The van der Waals surface area contributed by atoms with Gasteiger partial charge < -0.3 is 0 Å². The summed E-state index contributed by atoms with van der Waals surface area (Å²) in [7, 11) is 0. The van der Waals surface area contributed by atoms with E-state index in [1.54, 1.807) is 12.7 Å². The molecule has 2 rings (SSSR count). The first kappa shape index (κ1) is 8.48. The van der Waals surface area contributed by atoms with Gasteiger partial charge in [0.2, 0.25) is 0 Å². The molecule has 0 amide bonds. The fourth-order valence-electron chi connectivity index (χ4n) is 1.19. The fourth-order valence-corrected chi connectivity index (χ4v) is 1.19. The highest BCUT2D eigenvalue weighted by Crippen LogP contribution is 2.09. The van der Waals surface area contributed by atoms with Crippen LogP contribution in [0.25, 0.3) is 11.8 Å². The van der Waals surface area contributed by atoms with Gasteiger partial charge in [0.05, 0.1) is 0 Å². The number of rotatable bonds is 2. The normalized spacial score (nSPS) is 9.43. The second-order valence-corrected chi connectivity index (χ2v) is 2.81. The molecule has 0 aliphatic rings. The maximum absolute atomic E-state index is 3.74. The molecule has 1 aromatic heterocycles. The maximum Gasteiger partial charge on any atom is 0.123 e. The van der Waals surface area contributed by atoms with E-state index in [1.165, 1.54) is 0 Å². The van der Waals surface area contributed by atoms with Gasteiger partial charge in [-0.3, -0.25) is 4.57 Å². The van der Waals surface area contributed by atoms with Crippen molar-refractivity contribution in [3.63, 3.8) is 0 Å². The monoisotopic (exact) mass is 183 g/mol. The summed E-state index contributed by atoms with van der Waals surface area (Å²) in [4.78, 5) is 0. The molecule has 0 aliphatic heterocycles. The molecule has 0 saturated carbocycles. The highest BCUT2D eigenvalue weighted by Gasteiger charge is 1.94. The summed E-state index contributed by atoms with van der Waals surface area (Å²) in [5.74, 6) is 0. The van der Waals surface area contributed by atoms with Crippen LogP contribution < -0.4 is 0 Å². The van der Waals surface area contributed by atoms with E-state index in [0.717, 1.165) is 11.3 Å². The van der Waals surface area contributed by atoms with E-state index in [9.17, 15) is 0 Å². The molecular formula is C11H9N3. The van der Waals surface area contributed by atoms with Gasteiger partial charge in [-0.1, -0.05) is 18.7 Å². The van der Waals surface area contributed by atoms with Gasteiger partial charge in [0.15, 0.2) is 0 Å². The smallest absolute Gasteiger partial charge is 0.123 e. The van der Waals surface area contributed by atoms with Crippen LogP contribution in [0, 0.1) is 0 Å². The lowest BCUT2D eigenvalue weighted by Gasteiger charge is -2.00. The van der Waals surface area contributed by atoms with E-state index in [-0.39, 0.29) is 0 Å². The van der Waals surface area contributed by atoms with E-state index in [4.69, 9.17) is 0 Å². The third-order valence-electron chi connectivity index (χ3n) is 1.88. The first-order valence-electron chi connectivity index (χ1n) is 4.21. The molecule has 0 spiro atoms. The number of aromatic nitrogens is 3. The number of nitrogens with zero attached hydrogens (tertiary/aromatic N) is 3. The van der Waals surface area contributed by atoms with Gasteiger partial charge >= 0.3 is 0 Å². The van der Waals surface area contributed by atoms with E-state index < -0.39 is 0 Å². The molecular weight excluding hydrogens is 174 g/mol. The lowest BCUT2D eigenvalue weighted by atomic mass is 10.2. The van der Waals surface area contributed by atoms with Crippen LogP contribution in [0.2, 0.25) is 0 Å². The van der Waals surface area contributed by atoms with E-state index in [0.29, 0.717) is 0 Å². The Morgan fingerprint density at radius 3 is 2.36 bits per heavy atom. The van der Waals surface area contributed by atoms with Crippen molar-refractivity contribution in [3.8, 4) is 5.69 Å². The average molecular weight is 183 g/mol. The SMILES string of the molecule is C=C=Cc1ccc(-n2cnnc2)cc1. The van der Waals surface area contributed by atoms with Gasteiger partial charge in [-0.05, 0) is 23.8 Å². The van der Waals surface area contributed by atoms with Crippen molar-refractivity contribution in [2.75, 3.05) is 0 Å². The summed E-state index contributed by atoms with van der Waals surface area (Å²) >= 11 is 0. The molecule has 1 heterocycles. The summed E-state index contributed by atoms with van der Waals surface area (Å²) in [6.45, 7) is 3.52. The Kier molecular flexibility index (Phi) is 2.26. The second-order valence-electron chi connectivity index (χ2n) is 2.81. The highest BCUT2D eigenvalue weighted by molar-refractivity contribution is 5.50. The lowest BCUT2D eigenvalue weighted by molar-refractivity contribution is 1.06. The van der Waals surface area contributed by atoms with E-state index in [1.807, 2.05) is 34.9 Å². The van der Waals surface area contributed by atoms with Crippen LogP contribution >= 0.6 is 0 Å². The van der Waals surface area contributed by atoms with E-state index in [2.05, 4.69) is 22.5 Å². The van der Waals surface area contributed by atoms with Crippen molar-refractivity contribution in [2.24, 2.45) is 0 Å². The molecule has 0 aliphatic carbocycles. The van der Waals surface area contributed by atoms with Crippen molar-refractivity contribution < 1.29 is 0 Å². The Labute approximate surface area is 82.0 Å². The minimum absolute atomic E-state index is 1.04. The molecule has 0 radical (unpaired) electrons. The van der Waals surface area contributed by atoms with Crippen LogP contribution in [-0.2, 0) is 0 Å². The van der Waals surface area contributed by atoms with Crippen LogP contribution in [0.15, 0.2) is 49.2 Å². The fraction of sp³-hybridized carbons (Fsp3) is 0. The van der Waals surface area contributed by atoms with Crippen LogP contribution in [0.4, 0.5) is 0 Å². The maximum atomic E-state index is 3.74. The zero-order chi connectivity index (χ0) is 9.80. The second kappa shape index (κ2) is 3.73. The highest BCUT2D eigenvalue weighted by atomic mass is 15.2. The Morgan fingerprint density at radius 2 is 1.79 bits per heavy atom. The Morgan fingerprint density at radius 1 is 1.14 bits per heavy atom. The number of hydrogen-bond acceptors (Lipinski definition) is 2. The van der Waals surface area contributed by atoms with Crippen molar-refractivity contribution >= 4 is 6.08 Å². The predicted molar refractivity (Wildman–Crippen MR) is 55.0 cm³/mol. The minimum atomic E-state index is 1.04. The minimum Gasteiger partial charge on any atom is -0.288 e. The molecule has 3 nitrogen and oxygen atoms in total. The lowest BCUT2D eigenvalue weighted by Crippen LogP contribution is -1.88. The van der Waals surface area contributed by atoms with Crippen molar-refractivity contribution in [2.45, 2.75) is 0 Å². The van der Waals surface area contributed by atoms with Gasteiger partial charge in [-0.15, -0.1) is 15.9 Å². The zero-order valence-corrected chi connectivity index (χ0v) is 7.59. The first-order valence-corrected chi connectivity index (χ1v) is 4.21. The Hall–Kier alpha value is -2.12. The first-order chi connectivity index (χ1) is 6.90. The predicted octanol–water partition coefficient (Wildman–Crippen LogP) is 2.07. The molecule has 0 fully saturated rings. The quantitative estimate of drug-likeness (QED) is 0.667. The van der Waals surface area contributed by atoms with Crippen LogP contribution in [0.3, 0.4) is 0 Å². The summed E-state index contributed by atoms with van der Waals surface area (Å²) in [5, 5.41) is 7.48. The third-order valence-corrected chi connectivity index (χ3v) is 1.88. The third kappa shape index (κ3) is 1.63. The molecule has 0 atom stereocenters. The topological polar surface area (TPSA) is 30.7 Å². The van der Waals surface area contributed by atoms with E-state index >= 15 is 0 Å². The summed E-state index contributed by atoms with van der Waals surface area (Å²) < 4.78 is 1.85. The Bertz CT molecular complexity index is 448. The molecule has 3 heteroatoms. The molecule has 1 aromatic carbocycles. The summed E-state index contributed by atoms with van der Waals surface area (Å²) in [6.07, 6.45) is 5.16. The molecule has 0 saturated heterocycles. The Balaban J connectivity index is 2.35. The standard InChI is InChI=1S/C11H9N3/c1-2-3-10-4-6-11(7-5-10)14-8-12-13-9-14/h3-9H,1H2. The molecule has 0 unspecified atom stereocenters. The van der Waals surface area contributed by atoms with Gasteiger partial charge in [-0.2, -0.15) is 0 Å². The van der Waals surface area contributed by atoms with Gasteiger partial charge in [-0.25, -0.2) is 0 Å². The average Bonchev–Trinajstić information content (AvgIpc) is 2.72. The zero-order valence-electron chi connectivity index (χ0n) is 7.59. The van der Waals surface area contributed by atoms with Crippen molar-refractivity contribution in [1.29, 1.82) is 0 Å². The molecule has 68 valence electrons.